The van der Waals surface area contributed by atoms with Gasteiger partial charge in [-0.15, -0.1) is 0 Å². The van der Waals surface area contributed by atoms with E-state index in [1.807, 2.05) is 19.9 Å². The van der Waals surface area contributed by atoms with Crippen molar-refractivity contribution >= 4 is 6.09 Å². The van der Waals surface area contributed by atoms with Crippen LogP contribution in [-0.2, 0) is 6.54 Å². The number of nitrogens with one attached hydrogen (secondary N) is 1. The summed E-state index contributed by atoms with van der Waals surface area (Å²) in [4.78, 5) is 18.0. The van der Waals surface area contributed by atoms with Gasteiger partial charge in [0.25, 0.3) is 0 Å². The van der Waals surface area contributed by atoms with Crippen molar-refractivity contribution in [2.75, 3.05) is 13.7 Å². The number of aromatic nitrogens is 1. The smallest absolute Gasteiger partial charge is 0.407 e. The fourth-order valence-electron chi connectivity index (χ4n) is 4.81. The van der Waals surface area contributed by atoms with Crippen molar-refractivity contribution in [2.24, 2.45) is 5.41 Å². The molecular weight excluding hydrogens is 414 g/mol. The third-order valence-electron chi connectivity index (χ3n) is 6.30. The predicted octanol–water partition coefficient (Wildman–Crippen LogP) is 5.80. The van der Waals surface area contributed by atoms with E-state index in [0.717, 1.165) is 66.1 Å². The number of carboxylic acid groups (broad SMARTS) is 1. The SMILES string of the molecule is COc1ccc(-c2cc(C)nc(C)c2)cc1CNC1CCC(N(CC(C)(C)C)C(=O)O)CC1. The van der Waals surface area contributed by atoms with E-state index in [2.05, 4.69) is 55.3 Å². The van der Waals surface area contributed by atoms with E-state index in [1.54, 1.807) is 12.0 Å². The van der Waals surface area contributed by atoms with Crippen LogP contribution in [0, 0.1) is 19.3 Å². The van der Waals surface area contributed by atoms with Crippen LogP contribution in [0.4, 0.5) is 4.79 Å². The van der Waals surface area contributed by atoms with Gasteiger partial charge in [0.1, 0.15) is 5.75 Å². The first-order valence-corrected chi connectivity index (χ1v) is 11.9. The average Bonchev–Trinajstić information content (AvgIpc) is 2.75. The molecule has 0 unspecified atom stereocenters. The maximum absolute atomic E-state index is 11.8. The molecule has 0 saturated heterocycles. The standard InChI is InChI=1S/C27H39N3O3/c1-18-13-21(14-19(2)29-18)20-7-12-25(33-6)22(15-20)16-28-23-8-10-24(11-9-23)30(26(31)32)17-27(3,4)5/h7,12-15,23-24,28H,8-11,16-17H2,1-6H3,(H,31,32). The maximum atomic E-state index is 11.8. The van der Waals surface area contributed by atoms with E-state index in [9.17, 15) is 9.90 Å². The van der Waals surface area contributed by atoms with Crippen LogP contribution in [0.25, 0.3) is 11.1 Å². The Kier molecular flexibility index (Phi) is 8.01. The number of methoxy groups -OCH3 is 1. The zero-order valence-corrected chi connectivity index (χ0v) is 20.9. The van der Waals surface area contributed by atoms with Crippen LogP contribution in [0.2, 0.25) is 0 Å². The molecular formula is C27H39N3O3. The number of benzene rings is 1. The first-order valence-electron chi connectivity index (χ1n) is 11.9. The lowest BCUT2D eigenvalue weighted by molar-refractivity contribution is 0.0847. The summed E-state index contributed by atoms with van der Waals surface area (Å²) < 4.78 is 5.62. The zero-order valence-electron chi connectivity index (χ0n) is 20.9. The summed E-state index contributed by atoms with van der Waals surface area (Å²) in [7, 11) is 1.71. The number of amides is 1. The first-order chi connectivity index (χ1) is 15.6. The van der Waals surface area contributed by atoms with Crippen molar-refractivity contribution in [3.05, 3.63) is 47.3 Å². The van der Waals surface area contributed by atoms with E-state index >= 15 is 0 Å². The van der Waals surface area contributed by atoms with Crippen molar-refractivity contribution < 1.29 is 14.6 Å². The number of carbonyl (C=O) groups is 1. The Balaban J connectivity index is 1.64. The summed E-state index contributed by atoms with van der Waals surface area (Å²) in [5.41, 5.74) is 5.43. The van der Waals surface area contributed by atoms with Crippen molar-refractivity contribution in [1.29, 1.82) is 0 Å². The van der Waals surface area contributed by atoms with Gasteiger partial charge >= 0.3 is 6.09 Å². The van der Waals surface area contributed by atoms with E-state index < -0.39 is 6.09 Å². The Labute approximate surface area is 198 Å². The maximum Gasteiger partial charge on any atom is 0.407 e. The molecule has 0 radical (unpaired) electrons. The van der Waals surface area contributed by atoms with Gasteiger partial charge in [-0.1, -0.05) is 26.8 Å². The third kappa shape index (κ3) is 6.94. The molecule has 0 bridgehead atoms. The van der Waals surface area contributed by atoms with Crippen molar-refractivity contribution in [3.8, 4) is 16.9 Å². The van der Waals surface area contributed by atoms with Gasteiger partial charge in [0, 0.05) is 42.1 Å². The van der Waals surface area contributed by atoms with Crippen LogP contribution in [-0.4, -0.2) is 46.8 Å². The molecule has 6 heteroatoms. The molecule has 180 valence electrons. The highest BCUT2D eigenvalue weighted by molar-refractivity contribution is 5.66. The molecule has 1 aliphatic rings. The number of rotatable bonds is 7. The summed E-state index contributed by atoms with van der Waals surface area (Å²) >= 11 is 0. The monoisotopic (exact) mass is 453 g/mol. The molecule has 2 aromatic rings. The average molecular weight is 454 g/mol. The lowest BCUT2D eigenvalue weighted by Gasteiger charge is -2.38. The summed E-state index contributed by atoms with van der Waals surface area (Å²) in [6.07, 6.45) is 2.94. The number of ether oxygens (including phenoxy) is 1. The van der Waals surface area contributed by atoms with E-state index in [4.69, 9.17) is 4.74 Å². The second kappa shape index (κ2) is 10.6. The molecule has 1 saturated carbocycles. The molecule has 2 N–H and O–H groups in total. The van der Waals surface area contributed by atoms with Gasteiger partial charge < -0.3 is 20.1 Å². The molecule has 1 aromatic carbocycles. The van der Waals surface area contributed by atoms with Gasteiger partial charge in [-0.25, -0.2) is 4.79 Å². The van der Waals surface area contributed by atoms with Crippen LogP contribution in [0.1, 0.15) is 63.4 Å². The molecule has 3 rings (SSSR count). The van der Waals surface area contributed by atoms with Crippen LogP contribution in [0.3, 0.4) is 0 Å². The number of nitrogens with zero attached hydrogens (tertiary/aromatic N) is 2. The van der Waals surface area contributed by atoms with Crippen LogP contribution < -0.4 is 10.1 Å². The lowest BCUT2D eigenvalue weighted by atomic mass is 9.88. The van der Waals surface area contributed by atoms with Crippen molar-refractivity contribution in [3.63, 3.8) is 0 Å². The fourth-order valence-corrected chi connectivity index (χ4v) is 4.81. The molecule has 6 nitrogen and oxygen atoms in total. The summed E-state index contributed by atoms with van der Waals surface area (Å²) in [6.45, 7) is 11.6. The molecule has 1 amide bonds. The van der Waals surface area contributed by atoms with Gasteiger partial charge in [-0.2, -0.15) is 0 Å². The first kappa shape index (κ1) is 25.0. The Morgan fingerprint density at radius 3 is 2.27 bits per heavy atom. The molecule has 1 aliphatic carbocycles. The van der Waals surface area contributed by atoms with Gasteiger partial charge in [-0.3, -0.25) is 4.98 Å². The van der Waals surface area contributed by atoms with Gasteiger partial charge in [0.15, 0.2) is 0 Å². The Morgan fingerprint density at radius 2 is 1.73 bits per heavy atom. The number of aryl methyl sites for hydroxylation is 2. The summed E-state index contributed by atoms with van der Waals surface area (Å²) in [5.74, 6) is 0.879. The minimum Gasteiger partial charge on any atom is -0.496 e. The highest BCUT2D eigenvalue weighted by atomic mass is 16.5. The minimum absolute atomic E-state index is 0.0407. The minimum atomic E-state index is -0.801. The lowest BCUT2D eigenvalue weighted by Crippen LogP contribution is -2.47. The van der Waals surface area contributed by atoms with Crippen LogP contribution in [0.5, 0.6) is 5.75 Å². The number of pyridine rings is 1. The van der Waals surface area contributed by atoms with E-state index in [0.29, 0.717) is 12.6 Å². The Hall–Kier alpha value is -2.60. The van der Waals surface area contributed by atoms with Crippen LogP contribution >= 0.6 is 0 Å². The predicted molar refractivity (Wildman–Crippen MR) is 133 cm³/mol. The molecule has 0 spiro atoms. The fraction of sp³-hybridized carbons (Fsp3) is 0.556. The van der Waals surface area contributed by atoms with E-state index in [1.165, 1.54) is 0 Å². The second-order valence-electron chi connectivity index (χ2n) is 10.5. The number of hydrogen-bond acceptors (Lipinski definition) is 4. The second-order valence-corrected chi connectivity index (χ2v) is 10.5. The number of hydrogen-bond donors (Lipinski definition) is 2. The molecule has 0 atom stereocenters. The Bertz CT molecular complexity index is 939. The normalized spacial score (nSPS) is 18.7. The van der Waals surface area contributed by atoms with Gasteiger partial charge in [0.2, 0.25) is 0 Å². The molecule has 1 aromatic heterocycles. The van der Waals surface area contributed by atoms with E-state index in [-0.39, 0.29) is 11.5 Å². The summed E-state index contributed by atoms with van der Waals surface area (Å²) in [5, 5.41) is 13.4. The Morgan fingerprint density at radius 1 is 1.09 bits per heavy atom. The molecule has 33 heavy (non-hydrogen) atoms. The van der Waals surface area contributed by atoms with Gasteiger partial charge in [0.05, 0.1) is 7.11 Å². The highest BCUT2D eigenvalue weighted by Crippen LogP contribution is 2.30. The summed E-state index contributed by atoms with van der Waals surface area (Å²) in [6, 6.07) is 11.0. The quantitative estimate of drug-likeness (QED) is 0.554. The molecule has 1 fully saturated rings. The topological polar surface area (TPSA) is 74.7 Å². The largest absolute Gasteiger partial charge is 0.496 e. The van der Waals surface area contributed by atoms with Gasteiger partial charge in [-0.05, 0) is 80.3 Å². The molecule has 0 aliphatic heterocycles. The highest BCUT2D eigenvalue weighted by Gasteiger charge is 2.31. The van der Waals surface area contributed by atoms with Crippen LogP contribution in [0.15, 0.2) is 30.3 Å². The molecule has 1 heterocycles. The van der Waals surface area contributed by atoms with Crippen molar-refractivity contribution in [1.82, 2.24) is 15.2 Å². The third-order valence-corrected chi connectivity index (χ3v) is 6.30. The zero-order chi connectivity index (χ0) is 24.2. The van der Waals surface area contributed by atoms with Crippen molar-refractivity contribution in [2.45, 2.75) is 78.9 Å².